The molecule has 2 aliphatic rings. The smallest absolute Gasteiger partial charge is 0.242 e. The molecule has 9 heteroatoms. The van der Waals surface area contributed by atoms with Gasteiger partial charge in [-0.25, -0.2) is 12.7 Å². The van der Waals surface area contributed by atoms with Gasteiger partial charge in [0.25, 0.3) is 0 Å². The Kier molecular flexibility index (Phi) is 6.78. The Morgan fingerprint density at radius 2 is 2.16 bits per heavy atom. The fraction of sp³-hybridized carbons (Fsp3) is 0.562. The SMILES string of the molecule is CN(C)S(=O)(=O)c1ccc2c(c1)N(C(=O)CC1CSCCN1)CC2.Cl. The maximum atomic E-state index is 12.7. The molecule has 0 aliphatic carbocycles. The summed E-state index contributed by atoms with van der Waals surface area (Å²) < 4.78 is 25.9. The van der Waals surface area contributed by atoms with Crippen molar-refractivity contribution in [2.75, 3.05) is 43.6 Å². The molecule has 140 valence electrons. The van der Waals surface area contributed by atoms with Crippen molar-refractivity contribution >= 4 is 45.8 Å². The molecule has 1 fully saturated rings. The molecule has 0 spiro atoms. The van der Waals surface area contributed by atoms with Crippen LogP contribution in [-0.2, 0) is 21.2 Å². The molecule has 1 aromatic carbocycles. The summed E-state index contributed by atoms with van der Waals surface area (Å²) >= 11 is 1.86. The number of fused-ring (bicyclic) bond motifs is 1. The third kappa shape index (κ3) is 4.31. The first kappa shape index (κ1) is 20.5. The lowest BCUT2D eigenvalue weighted by molar-refractivity contribution is -0.118. The summed E-state index contributed by atoms with van der Waals surface area (Å²) in [5.74, 6) is 2.10. The van der Waals surface area contributed by atoms with Crippen molar-refractivity contribution in [1.82, 2.24) is 9.62 Å². The fourth-order valence-corrected chi connectivity index (χ4v) is 4.93. The van der Waals surface area contributed by atoms with Gasteiger partial charge in [-0.2, -0.15) is 11.8 Å². The van der Waals surface area contributed by atoms with Crippen LogP contribution in [0.4, 0.5) is 5.69 Å². The number of thioether (sulfide) groups is 1. The number of amides is 1. The zero-order valence-electron chi connectivity index (χ0n) is 14.4. The predicted molar refractivity (Wildman–Crippen MR) is 104 cm³/mol. The minimum Gasteiger partial charge on any atom is -0.312 e. The van der Waals surface area contributed by atoms with Crippen LogP contribution in [0.25, 0.3) is 0 Å². The summed E-state index contributed by atoms with van der Waals surface area (Å²) in [5.41, 5.74) is 1.78. The second kappa shape index (κ2) is 8.26. The number of benzene rings is 1. The van der Waals surface area contributed by atoms with Crippen molar-refractivity contribution in [1.29, 1.82) is 0 Å². The van der Waals surface area contributed by atoms with Gasteiger partial charge in [-0.3, -0.25) is 4.79 Å². The monoisotopic (exact) mass is 405 g/mol. The van der Waals surface area contributed by atoms with Crippen molar-refractivity contribution in [3.63, 3.8) is 0 Å². The van der Waals surface area contributed by atoms with Crippen molar-refractivity contribution in [3.8, 4) is 0 Å². The maximum Gasteiger partial charge on any atom is 0.242 e. The van der Waals surface area contributed by atoms with Crippen molar-refractivity contribution < 1.29 is 13.2 Å². The largest absolute Gasteiger partial charge is 0.312 e. The third-order valence-corrected chi connectivity index (χ3v) is 7.39. The second-order valence-corrected chi connectivity index (χ2v) is 9.61. The Morgan fingerprint density at radius 1 is 1.40 bits per heavy atom. The van der Waals surface area contributed by atoms with E-state index in [9.17, 15) is 13.2 Å². The number of sulfonamides is 1. The quantitative estimate of drug-likeness (QED) is 0.818. The van der Waals surface area contributed by atoms with E-state index in [0.29, 0.717) is 13.0 Å². The number of anilines is 1. The first-order valence-corrected chi connectivity index (χ1v) is 10.7. The molecule has 1 unspecified atom stereocenters. The zero-order valence-corrected chi connectivity index (χ0v) is 16.8. The number of carbonyl (C=O) groups excluding carboxylic acids is 1. The molecule has 2 aliphatic heterocycles. The van der Waals surface area contributed by atoms with Crippen LogP contribution in [0, 0.1) is 0 Å². The zero-order chi connectivity index (χ0) is 17.3. The summed E-state index contributed by atoms with van der Waals surface area (Å²) in [6.45, 7) is 1.56. The molecular weight excluding hydrogens is 382 g/mol. The number of rotatable bonds is 4. The van der Waals surface area contributed by atoms with E-state index < -0.39 is 10.0 Å². The lowest BCUT2D eigenvalue weighted by Crippen LogP contribution is -2.42. The van der Waals surface area contributed by atoms with Gasteiger partial charge in [0.05, 0.1) is 4.90 Å². The average Bonchev–Trinajstić information content (AvgIpc) is 2.98. The molecule has 1 aromatic rings. The summed E-state index contributed by atoms with van der Waals surface area (Å²) in [5, 5.41) is 3.38. The van der Waals surface area contributed by atoms with Gasteiger partial charge in [-0.1, -0.05) is 6.07 Å². The normalized spacial score (nSPS) is 20.3. The van der Waals surface area contributed by atoms with Gasteiger partial charge < -0.3 is 10.2 Å². The highest BCUT2D eigenvalue weighted by molar-refractivity contribution is 7.99. The number of carbonyl (C=O) groups is 1. The highest BCUT2D eigenvalue weighted by Gasteiger charge is 2.29. The molecule has 0 aromatic heterocycles. The van der Waals surface area contributed by atoms with Gasteiger partial charge in [0.2, 0.25) is 15.9 Å². The van der Waals surface area contributed by atoms with Crippen LogP contribution in [-0.4, -0.2) is 63.4 Å². The van der Waals surface area contributed by atoms with Crippen LogP contribution in [0.15, 0.2) is 23.1 Å². The van der Waals surface area contributed by atoms with E-state index in [2.05, 4.69) is 5.32 Å². The molecule has 6 nitrogen and oxygen atoms in total. The van der Waals surface area contributed by atoms with Crippen LogP contribution in [0.1, 0.15) is 12.0 Å². The molecular formula is C16H24ClN3O3S2. The first-order chi connectivity index (χ1) is 11.4. The Labute approximate surface area is 159 Å². The topological polar surface area (TPSA) is 69.7 Å². The van der Waals surface area contributed by atoms with Crippen LogP contribution in [0.2, 0.25) is 0 Å². The number of nitrogens with one attached hydrogen (secondary N) is 1. The number of nitrogens with zero attached hydrogens (tertiary/aromatic N) is 2. The van der Waals surface area contributed by atoms with Gasteiger partial charge in [-0.15, -0.1) is 12.4 Å². The molecule has 0 bridgehead atoms. The number of hydrogen-bond acceptors (Lipinski definition) is 5. The van der Waals surface area contributed by atoms with Crippen molar-refractivity contribution in [2.45, 2.75) is 23.8 Å². The molecule has 3 rings (SSSR count). The first-order valence-electron chi connectivity index (χ1n) is 8.06. The van der Waals surface area contributed by atoms with Crippen LogP contribution in [0.5, 0.6) is 0 Å². The molecule has 2 heterocycles. The highest BCUT2D eigenvalue weighted by atomic mass is 35.5. The lowest BCUT2D eigenvalue weighted by Gasteiger charge is -2.25. The lowest BCUT2D eigenvalue weighted by atomic mass is 10.1. The van der Waals surface area contributed by atoms with E-state index in [-0.39, 0.29) is 29.3 Å². The third-order valence-electron chi connectivity index (χ3n) is 4.45. The van der Waals surface area contributed by atoms with E-state index in [0.717, 1.165) is 35.7 Å². The molecule has 1 amide bonds. The molecule has 0 radical (unpaired) electrons. The summed E-state index contributed by atoms with van der Waals surface area (Å²) in [6.07, 6.45) is 1.23. The Hall–Kier alpha value is -0.800. The van der Waals surface area contributed by atoms with Gasteiger partial charge in [0, 0.05) is 56.8 Å². The highest BCUT2D eigenvalue weighted by Crippen LogP contribution is 2.32. The Morgan fingerprint density at radius 3 is 2.80 bits per heavy atom. The Bertz CT molecular complexity index is 734. The summed E-state index contributed by atoms with van der Waals surface area (Å²) in [7, 11) is -0.472. The van der Waals surface area contributed by atoms with Crippen LogP contribution >= 0.6 is 24.2 Å². The standard InChI is InChI=1S/C16H23N3O3S2.ClH/c1-18(2)24(21,22)14-4-3-12-5-7-19(15(12)10-14)16(20)9-13-11-23-8-6-17-13;/h3-4,10,13,17H,5-9,11H2,1-2H3;1H. The fourth-order valence-electron chi connectivity index (χ4n) is 3.06. The van der Waals surface area contributed by atoms with Crippen molar-refractivity contribution in [2.24, 2.45) is 0 Å². The van der Waals surface area contributed by atoms with Gasteiger partial charge in [0.15, 0.2) is 0 Å². The molecule has 1 N–H and O–H groups in total. The molecule has 0 saturated carbocycles. The van der Waals surface area contributed by atoms with Crippen LogP contribution in [0.3, 0.4) is 0 Å². The van der Waals surface area contributed by atoms with E-state index in [1.807, 2.05) is 17.8 Å². The van der Waals surface area contributed by atoms with Gasteiger partial charge in [-0.05, 0) is 24.1 Å². The summed E-state index contributed by atoms with van der Waals surface area (Å²) in [6, 6.07) is 5.29. The minimum absolute atomic E-state index is 0. The van der Waals surface area contributed by atoms with Crippen molar-refractivity contribution in [3.05, 3.63) is 23.8 Å². The predicted octanol–water partition coefficient (Wildman–Crippen LogP) is 1.34. The van der Waals surface area contributed by atoms with E-state index in [4.69, 9.17) is 0 Å². The molecule has 1 atom stereocenters. The molecule has 25 heavy (non-hydrogen) atoms. The maximum absolute atomic E-state index is 12.7. The van der Waals surface area contributed by atoms with Gasteiger partial charge in [0.1, 0.15) is 0 Å². The summed E-state index contributed by atoms with van der Waals surface area (Å²) in [4.78, 5) is 14.7. The number of halogens is 1. The number of hydrogen-bond donors (Lipinski definition) is 1. The van der Waals surface area contributed by atoms with E-state index in [1.165, 1.54) is 18.4 Å². The minimum atomic E-state index is -3.50. The second-order valence-electron chi connectivity index (χ2n) is 6.30. The molecule has 1 saturated heterocycles. The van der Waals surface area contributed by atoms with E-state index >= 15 is 0 Å². The van der Waals surface area contributed by atoms with Gasteiger partial charge >= 0.3 is 0 Å². The Balaban J connectivity index is 0.00000225. The van der Waals surface area contributed by atoms with Crippen LogP contribution < -0.4 is 10.2 Å². The van der Waals surface area contributed by atoms with E-state index in [1.54, 1.807) is 17.0 Å². The average molecular weight is 406 g/mol.